The zero-order valence-corrected chi connectivity index (χ0v) is 16.4. The van der Waals surface area contributed by atoms with Crippen molar-refractivity contribution in [2.75, 3.05) is 5.32 Å². The number of carbonyl (C=O) groups is 2. The van der Waals surface area contributed by atoms with Gasteiger partial charge in [0.05, 0.1) is 12.8 Å². The lowest BCUT2D eigenvalue weighted by Crippen LogP contribution is -2.62. The maximum absolute atomic E-state index is 14.3. The summed E-state index contributed by atoms with van der Waals surface area (Å²) in [6.07, 6.45) is -4.13. The molecule has 1 aromatic carbocycles. The van der Waals surface area contributed by atoms with Gasteiger partial charge in [0.2, 0.25) is 0 Å². The third kappa shape index (κ3) is 3.20. The molecule has 0 saturated heterocycles. The molecule has 0 radical (unpaired) electrons. The van der Waals surface area contributed by atoms with E-state index in [1.165, 1.54) is 42.7 Å². The van der Waals surface area contributed by atoms with E-state index in [9.17, 15) is 32.3 Å². The fourth-order valence-corrected chi connectivity index (χ4v) is 3.48. The topological polar surface area (TPSA) is 126 Å². The Kier molecular flexibility index (Phi) is 4.79. The van der Waals surface area contributed by atoms with Crippen LogP contribution in [0.5, 0.6) is 0 Å². The Morgan fingerprint density at radius 2 is 1.84 bits per heavy atom. The number of nitrogens with zero attached hydrogens (tertiary/aromatic N) is 1. The normalized spacial score (nSPS) is 17.7. The fourth-order valence-electron chi connectivity index (χ4n) is 3.48. The van der Waals surface area contributed by atoms with Gasteiger partial charge in [0.15, 0.2) is 0 Å². The zero-order chi connectivity index (χ0) is 23.3. The van der Waals surface area contributed by atoms with Crippen molar-refractivity contribution in [1.82, 2.24) is 14.9 Å². The third-order valence-electron chi connectivity index (χ3n) is 5.08. The van der Waals surface area contributed by atoms with Crippen LogP contribution in [0.25, 0.3) is 0 Å². The van der Waals surface area contributed by atoms with Crippen LogP contribution in [0, 0.1) is 6.92 Å². The summed E-state index contributed by atoms with van der Waals surface area (Å²) in [5.41, 5.74) is -6.76. The van der Waals surface area contributed by atoms with Gasteiger partial charge in [0, 0.05) is 5.56 Å². The molecule has 9 nitrogen and oxygen atoms in total. The lowest BCUT2D eigenvalue weighted by atomic mass is 9.91. The first-order valence-corrected chi connectivity index (χ1v) is 9.22. The molecule has 2 aromatic heterocycles. The van der Waals surface area contributed by atoms with E-state index in [-0.39, 0.29) is 17.9 Å². The number of anilines is 1. The molecule has 3 heterocycles. The Morgan fingerprint density at radius 1 is 1.16 bits per heavy atom. The van der Waals surface area contributed by atoms with Crippen molar-refractivity contribution in [2.24, 2.45) is 0 Å². The van der Waals surface area contributed by atoms with Gasteiger partial charge in [-0.25, -0.2) is 4.79 Å². The molecular weight excluding hydrogens is 433 g/mol. The number of aromatic nitrogens is 2. The van der Waals surface area contributed by atoms with E-state index >= 15 is 0 Å². The summed E-state index contributed by atoms with van der Waals surface area (Å²) in [5.74, 6) is -3.44. The Bertz CT molecular complexity index is 1320. The highest BCUT2D eigenvalue weighted by Gasteiger charge is 2.68. The van der Waals surface area contributed by atoms with E-state index in [4.69, 9.17) is 4.42 Å². The molecule has 0 aliphatic carbocycles. The fraction of sp³-hybridized carbons (Fsp3) is 0.200. The lowest BCUT2D eigenvalue weighted by Gasteiger charge is -2.30. The van der Waals surface area contributed by atoms with E-state index in [1.807, 2.05) is 5.32 Å². The number of hydrogen-bond donors (Lipinski definition) is 3. The number of amides is 2. The number of carbonyl (C=O) groups excluding carboxylic acids is 2. The molecule has 1 aliphatic heterocycles. The summed E-state index contributed by atoms with van der Waals surface area (Å²) >= 11 is 0. The second-order valence-corrected chi connectivity index (χ2v) is 7.17. The van der Waals surface area contributed by atoms with Crippen molar-refractivity contribution in [2.45, 2.75) is 25.2 Å². The monoisotopic (exact) mass is 448 g/mol. The van der Waals surface area contributed by atoms with Gasteiger partial charge in [-0.2, -0.15) is 13.2 Å². The molecule has 0 fully saturated rings. The smallest absolute Gasteiger partial charge is 0.425 e. The first kappa shape index (κ1) is 21.2. The summed E-state index contributed by atoms with van der Waals surface area (Å²) < 4.78 is 48.8. The van der Waals surface area contributed by atoms with Gasteiger partial charge in [-0.05, 0) is 31.2 Å². The van der Waals surface area contributed by atoms with Crippen LogP contribution in [-0.2, 0) is 16.9 Å². The molecule has 0 spiro atoms. The molecule has 166 valence electrons. The van der Waals surface area contributed by atoms with Gasteiger partial charge in [-0.1, -0.05) is 17.7 Å². The van der Waals surface area contributed by atoms with Gasteiger partial charge >= 0.3 is 11.9 Å². The van der Waals surface area contributed by atoms with Gasteiger partial charge in [0.1, 0.15) is 17.1 Å². The number of aryl methyl sites for hydroxylation is 1. The highest BCUT2D eigenvalue weighted by atomic mass is 19.4. The molecule has 2 amide bonds. The number of fused-ring (bicyclic) bond motifs is 1. The SMILES string of the molecule is Cc1ccc(C(=O)N[C@]2(C(F)(F)F)C(=O)Nc3c2c(=O)[nH]c(=O)n3Cc2ccco2)cc1. The van der Waals surface area contributed by atoms with Crippen molar-refractivity contribution in [1.29, 1.82) is 0 Å². The number of halogens is 3. The maximum Gasteiger partial charge on any atom is 0.425 e. The molecule has 0 saturated carbocycles. The zero-order valence-electron chi connectivity index (χ0n) is 16.4. The summed E-state index contributed by atoms with van der Waals surface area (Å²) in [5, 5.41) is 3.64. The van der Waals surface area contributed by atoms with Crippen molar-refractivity contribution in [3.05, 3.63) is 86.0 Å². The van der Waals surface area contributed by atoms with Crippen LogP contribution in [0.3, 0.4) is 0 Å². The van der Waals surface area contributed by atoms with Crippen molar-refractivity contribution >= 4 is 17.6 Å². The highest BCUT2D eigenvalue weighted by Crippen LogP contribution is 2.45. The van der Waals surface area contributed by atoms with Crippen molar-refractivity contribution in [3.63, 3.8) is 0 Å². The summed E-state index contributed by atoms with van der Waals surface area (Å²) in [6.45, 7) is 1.35. The molecule has 1 atom stereocenters. The predicted molar refractivity (Wildman–Crippen MR) is 104 cm³/mol. The first-order valence-electron chi connectivity index (χ1n) is 9.22. The number of aromatic amines is 1. The molecule has 4 rings (SSSR count). The Hall–Kier alpha value is -4.09. The molecular formula is C20H15F3N4O5. The number of alkyl halides is 3. The molecule has 32 heavy (non-hydrogen) atoms. The van der Waals surface area contributed by atoms with E-state index in [0.717, 1.165) is 10.1 Å². The summed E-state index contributed by atoms with van der Waals surface area (Å²) in [4.78, 5) is 52.0. The van der Waals surface area contributed by atoms with Crippen LogP contribution in [-0.4, -0.2) is 27.5 Å². The quantitative estimate of drug-likeness (QED) is 0.559. The van der Waals surface area contributed by atoms with Crippen LogP contribution in [0.4, 0.5) is 19.0 Å². The molecule has 12 heteroatoms. The minimum atomic E-state index is -5.41. The van der Waals surface area contributed by atoms with Crippen LogP contribution < -0.4 is 21.9 Å². The van der Waals surface area contributed by atoms with E-state index in [2.05, 4.69) is 0 Å². The Morgan fingerprint density at radius 3 is 2.44 bits per heavy atom. The highest BCUT2D eigenvalue weighted by molar-refractivity contribution is 6.09. The molecule has 3 aromatic rings. The van der Waals surface area contributed by atoms with Crippen LogP contribution in [0.2, 0.25) is 0 Å². The second-order valence-electron chi connectivity index (χ2n) is 7.17. The van der Waals surface area contributed by atoms with Crippen molar-refractivity contribution < 1.29 is 27.2 Å². The third-order valence-corrected chi connectivity index (χ3v) is 5.08. The number of H-pyrrole nitrogens is 1. The minimum absolute atomic E-state index is 0.152. The average Bonchev–Trinajstić information content (AvgIpc) is 3.32. The van der Waals surface area contributed by atoms with E-state index < -0.39 is 46.2 Å². The molecule has 1 aliphatic rings. The number of hydrogen-bond acceptors (Lipinski definition) is 5. The number of furan rings is 1. The van der Waals surface area contributed by atoms with Gasteiger partial charge in [0.25, 0.3) is 22.9 Å². The number of nitrogens with one attached hydrogen (secondary N) is 3. The van der Waals surface area contributed by atoms with Crippen molar-refractivity contribution in [3.8, 4) is 0 Å². The summed E-state index contributed by atoms with van der Waals surface area (Å²) in [6, 6.07) is 8.52. The van der Waals surface area contributed by atoms with E-state index in [1.54, 1.807) is 17.2 Å². The van der Waals surface area contributed by atoms with Crippen LogP contribution in [0.15, 0.2) is 56.7 Å². The first-order chi connectivity index (χ1) is 15.0. The number of rotatable bonds is 4. The van der Waals surface area contributed by atoms with Crippen LogP contribution >= 0.6 is 0 Å². The van der Waals surface area contributed by atoms with Gasteiger partial charge < -0.3 is 15.1 Å². The average molecular weight is 448 g/mol. The van der Waals surface area contributed by atoms with Crippen LogP contribution in [0.1, 0.15) is 27.2 Å². The lowest BCUT2D eigenvalue weighted by molar-refractivity contribution is -0.196. The second kappa shape index (κ2) is 7.25. The minimum Gasteiger partial charge on any atom is -0.467 e. The predicted octanol–water partition coefficient (Wildman–Crippen LogP) is 1.63. The number of benzene rings is 1. The standard InChI is InChI=1S/C20H15F3N4O5/c1-10-4-6-11(7-5-10)15(28)26-19(20(21,22)23)13-14(24-17(19)30)27(18(31)25-16(13)29)9-12-3-2-8-32-12/h2-8H,9H2,1H3,(H,24,30)(H,26,28)(H,25,29,31)/t19-/m0/s1. The maximum atomic E-state index is 14.3. The summed E-state index contributed by atoms with van der Waals surface area (Å²) in [7, 11) is 0. The largest absolute Gasteiger partial charge is 0.467 e. The van der Waals surface area contributed by atoms with Gasteiger partial charge in [-0.3, -0.25) is 23.9 Å². The molecule has 0 unspecified atom stereocenters. The van der Waals surface area contributed by atoms with E-state index in [0.29, 0.717) is 0 Å². The molecule has 0 bridgehead atoms. The van der Waals surface area contributed by atoms with Gasteiger partial charge in [-0.15, -0.1) is 0 Å². The Labute approximate surface area is 176 Å². The Balaban J connectivity index is 1.90. The molecule has 3 N–H and O–H groups in total.